The maximum Gasteiger partial charge on any atom is 0.266 e. The summed E-state index contributed by atoms with van der Waals surface area (Å²) in [6.45, 7) is 2.50. The number of nitrogens with two attached hydrogens (primary N) is 1. The van der Waals surface area contributed by atoms with Crippen LogP contribution >= 0.6 is 11.3 Å². The number of amides is 1. The van der Waals surface area contributed by atoms with Gasteiger partial charge in [0.05, 0.1) is 5.69 Å². The molecule has 1 aliphatic rings. The number of hydrogen-bond donors (Lipinski definition) is 1. The van der Waals surface area contributed by atoms with Gasteiger partial charge in [-0.25, -0.2) is 4.98 Å². The molecule has 5 heteroatoms. The molecule has 4 nitrogen and oxygen atoms in total. The van der Waals surface area contributed by atoms with Crippen LogP contribution in [0.15, 0.2) is 30.3 Å². The Morgan fingerprint density at radius 3 is 2.65 bits per heavy atom. The van der Waals surface area contributed by atoms with Crippen LogP contribution in [0.5, 0.6) is 0 Å². The van der Waals surface area contributed by atoms with Gasteiger partial charge in [-0.3, -0.25) is 4.79 Å². The molecular weight excluding hydrogens is 270 g/mol. The number of aromatic nitrogens is 1. The van der Waals surface area contributed by atoms with Gasteiger partial charge in [0, 0.05) is 12.6 Å². The number of hydrogen-bond acceptors (Lipinski definition) is 4. The zero-order chi connectivity index (χ0) is 14.1. The third-order valence-corrected chi connectivity index (χ3v) is 4.43. The van der Waals surface area contributed by atoms with Crippen LogP contribution in [0.2, 0.25) is 0 Å². The fraction of sp³-hybridized carbons (Fsp3) is 0.333. The van der Waals surface area contributed by atoms with Crippen molar-refractivity contribution in [2.24, 2.45) is 0 Å². The summed E-state index contributed by atoms with van der Waals surface area (Å²) in [6.07, 6.45) is 2.18. The molecule has 1 aliphatic carbocycles. The van der Waals surface area contributed by atoms with Gasteiger partial charge in [-0.1, -0.05) is 41.7 Å². The lowest BCUT2D eigenvalue weighted by atomic mass is 10.2. The van der Waals surface area contributed by atoms with E-state index in [1.165, 1.54) is 11.3 Å². The molecule has 0 aliphatic heterocycles. The first kappa shape index (κ1) is 13.1. The molecule has 1 fully saturated rings. The molecule has 1 saturated carbocycles. The van der Waals surface area contributed by atoms with E-state index in [2.05, 4.69) is 17.1 Å². The van der Waals surface area contributed by atoms with Gasteiger partial charge in [-0.2, -0.15) is 0 Å². The standard InChI is InChI=1S/C15H17N3OS/c1-10-13(20-15(16)17-10)14(19)18(12-7-8-12)9-11-5-3-2-4-6-11/h2-6,12H,7-9H2,1H3,(H2,16,17). The molecule has 20 heavy (non-hydrogen) atoms. The first-order valence-electron chi connectivity index (χ1n) is 6.73. The Hall–Kier alpha value is -1.88. The van der Waals surface area contributed by atoms with Crippen molar-refractivity contribution in [1.29, 1.82) is 0 Å². The highest BCUT2D eigenvalue weighted by atomic mass is 32.1. The van der Waals surface area contributed by atoms with Crippen molar-refractivity contribution in [2.45, 2.75) is 32.4 Å². The molecule has 1 heterocycles. The molecule has 0 spiro atoms. The van der Waals surface area contributed by atoms with E-state index in [-0.39, 0.29) is 5.91 Å². The minimum atomic E-state index is 0.0584. The molecule has 0 saturated heterocycles. The van der Waals surface area contributed by atoms with Gasteiger partial charge in [0.25, 0.3) is 5.91 Å². The van der Waals surface area contributed by atoms with E-state index in [1.807, 2.05) is 30.0 Å². The summed E-state index contributed by atoms with van der Waals surface area (Å²) in [6, 6.07) is 10.5. The van der Waals surface area contributed by atoms with Crippen LogP contribution in [-0.2, 0) is 6.54 Å². The van der Waals surface area contributed by atoms with Gasteiger partial charge in [-0.05, 0) is 25.3 Å². The molecule has 0 atom stereocenters. The quantitative estimate of drug-likeness (QED) is 0.940. The maximum atomic E-state index is 12.7. The van der Waals surface area contributed by atoms with Gasteiger partial charge in [0.15, 0.2) is 5.13 Å². The third-order valence-electron chi connectivity index (χ3n) is 3.45. The normalized spacial score (nSPS) is 14.2. The lowest BCUT2D eigenvalue weighted by Crippen LogP contribution is -2.32. The molecule has 1 aromatic carbocycles. The summed E-state index contributed by atoms with van der Waals surface area (Å²) in [5, 5.41) is 0.460. The Bertz CT molecular complexity index is 619. The Morgan fingerprint density at radius 1 is 1.40 bits per heavy atom. The minimum Gasteiger partial charge on any atom is -0.375 e. The Kier molecular flexibility index (Phi) is 3.44. The molecule has 0 unspecified atom stereocenters. The van der Waals surface area contributed by atoms with Crippen molar-refractivity contribution in [3.8, 4) is 0 Å². The number of nitrogens with zero attached hydrogens (tertiary/aromatic N) is 2. The van der Waals surface area contributed by atoms with Crippen LogP contribution in [0, 0.1) is 6.92 Å². The van der Waals surface area contributed by atoms with Crippen LogP contribution < -0.4 is 5.73 Å². The van der Waals surface area contributed by atoms with E-state index in [1.54, 1.807) is 0 Å². The number of carbonyl (C=O) groups is 1. The summed E-state index contributed by atoms with van der Waals surface area (Å²) in [5.41, 5.74) is 7.59. The minimum absolute atomic E-state index is 0.0584. The monoisotopic (exact) mass is 287 g/mol. The number of thiazole rings is 1. The van der Waals surface area contributed by atoms with Crippen LogP contribution in [0.1, 0.15) is 33.8 Å². The second-order valence-electron chi connectivity index (χ2n) is 5.12. The number of rotatable bonds is 4. The average molecular weight is 287 g/mol. The predicted octanol–water partition coefficient (Wildman–Crippen LogP) is 2.84. The van der Waals surface area contributed by atoms with Gasteiger partial charge < -0.3 is 10.6 Å². The van der Waals surface area contributed by atoms with E-state index in [9.17, 15) is 4.79 Å². The average Bonchev–Trinajstić information content (AvgIpc) is 3.22. The van der Waals surface area contributed by atoms with E-state index < -0.39 is 0 Å². The number of anilines is 1. The Morgan fingerprint density at radius 2 is 2.10 bits per heavy atom. The third kappa shape index (κ3) is 2.67. The van der Waals surface area contributed by atoms with Crippen LogP contribution in [-0.4, -0.2) is 21.8 Å². The van der Waals surface area contributed by atoms with E-state index in [0.717, 1.165) is 24.1 Å². The molecule has 0 radical (unpaired) electrons. The summed E-state index contributed by atoms with van der Waals surface area (Å²) in [4.78, 5) is 19.5. The molecule has 1 aromatic heterocycles. The first-order valence-corrected chi connectivity index (χ1v) is 7.54. The van der Waals surface area contributed by atoms with Crippen molar-refractivity contribution in [2.75, 3.05) is 5.73 Å². The predicted molar refractivity (Wildman–Crippen MR) is 80.6 cm³/mol. The summed E-state index contributed by atoms with van der Waals surface area (Å²) < 4.78 is 0. The number of nitrogen functional groups attached to an aromatic ring is 1. The van der Waals surface area contributed by atoms with E-state index in [4.69, 9.17) is 5.73 Å². The molecule has 2 aromatic rings. The highest BCUT2D eigenvalue weighted by molar-refractivity contribution is 7.17. The smallest absolute Gasteiger partial charge is 0.266 e. The van der Waals surface area contributed by atoms with Crippen LogP contribution in [0.4, 0.5) is 5.13 Å². The van der Waals surface area contributed by atoms with Gasteiger partial charge in [-0.15, -0.1) is 0 Å². The molecule has 104 valence electrons. The van der Waals surface area contributed by atoms with Gasteiger partial charge in [0.2, 0.25) is 0 Å². The highest BCUT2D eigenvalue weighted by Gasteiger charge is 2.34. The lowest BCUT2D eigenvalue weighted by Gasteiger charge is -2.22. The maximum absolute atomic E-state index is 12.7. The summed E-state index contributed by atoms with van der Waals surface area (Å²) in [5.74, 6) is 0.0584. The summed E-state index contributed by atoms with van der Waals surface area (Å²) >= 11 is 1.28. The van der Waals surface area contributed by atoms with Crippen LogP contribution in [0.25, 0.3) is 0 Å². The molecule has 0 bridgehead atoms. The van der Waals surface area contributed by atoms with Crippen molar-refractivity contribution >= 4 is 22.4 Å². The Balaban J connectivity index is 1.84. The van der Waals surface area contributed by atoms with Gasteiger partial charge in [0.1, 0.15) is 4.88 Å². The topological polar surface area (TPSA) is 59.2 Å². The molecule has 2 N–H and O–H groups in total. The fourth-order valence-corrected chi connectivity index (χ4v) is 3.07. The van der Waals surface area contributed by atoms with Crippen LogP contribution in [0.3, 0.4) is 0 Å². The second-order valence-corrected chi connectivity index (χ2v) is 6.15. The number of benzene rings is 1. The van der Waals surface area contributed by atoms with E-state index in [0.29, 0.717) is 22.6 Å². The van der Waals surface area contributed by atoms with Crippen molar-refractivity contribution in [3.05, 3.63) is 46.5 Å². The summed E-state index contributed by atoms with van der Waals surface area (Å²) in [7, 11) is 0. The SMILES string of the molecule is Cc1nc(N)sc1C(=O)N(Cc1ccccc1)C1CC1. The van der Waals surface area contributed by atoms with Crippen molar-refractivity contribution < 1.29 is 4.79 Å². The number of aryl methyl sites for hydroxylation is 1. The van der Waals surface area contributed by atoms with E-state index >= 15 is 0 Å². The highest BCUT2D eigenvalue weighted by Crippen LogP contribution is 2.32. The molecule has 1 amide bonds. The zero-order valence-corrected chi connectivity index (χ0v) is 12.2. The zero-order valence-electron chi connectivity index (χ0n) is 11.4. The largest absolute Gasteiger partial charge is 0.375 e. The van der Waals surface area contributed by atoms with Crippen molar-refractivity contribution in [1.82, 2.24) is 9.88 Å². The van der Waals surface area contributed by atoms with Gasteiger partial charge >= 0.3 is 0 Å². The fourth-order valence-electron chi connectivity index (χ4n) is 2.28. The Labute approximate surface area is 122 Å². The first-order chi connectivity index (χ1) is 9.65. The number of carbonyl (C=O) groups excluding carboxylic acids is 1. The lowest BCUT2D eigenvalue weighted by molar-refractivity contribution is 0.0734. The molecular formula is C15H17N3OS. The second kappa shape index (κ2) is 5.25. The molecule has 3 rings (SSSR count). The van der Waals surface area contributed by atoms with Crippen molar-refractivity contribution in [3.63, 3.8) is 0 Å².